The molecule has 0 aliphatic heterocycles. The number of para-hydroxylation sites is 1. The van der Waals surface area contributed by atoms with E-state index in [1.54, 1.807) is 17.8 Å². The number of ether oxygens (including phenoxy) is 1. The summed E-state index contributed by atoms with van der Waals surface area (Å²) in [6.45, 7) is 2.53. The van der Waals surface area contributed by atoms with Gasteiger partial charge >= 0.3 is 5.97 Å². The number of benzene rings is 2. The smallest absolute Gasteiger partial charge is 0.305 e. The lowest BCUT2D eigenvalue weighted by molar-refractivity contribution is -0.143. The van der Waals surface area contributed by atoms with E-state index < -0.39 is 0 Å². The molecule has 144 valence electrons. The van der Waals surface area contributed by atoms with E-state index in [2.05, 4.69) is 10.4 Å². The van der Waals surface area contributed by atoms with E-state index in [0.29, 0.717) is 30.8 Å². The Morgan fingerprint density at radius 2 is 1.71 bits per heavy atom. The van der Waals surface area contributed by atoms with Gasteiger partial charge in [-0.05, 0) is 25.5 Å². The van der Waals surface area contributed by atoms with Gasteiger partial charge in [-0.3, -0.25) is 9.59 Å². The first kappa shape index (κ1) is 19.4. The fourth-order valence-electron chi connectivity index (χ4n) is 2.83. The van der Waals surface area contributed by atoms with Gasteiger partial charge in [0.2, 0.25) is 0 Å². The molecular formula is C22H23N3O3. The van der Waals surface area contributed by atoms with Crippen molar-refractivity contribution in [3.8, 4) is 16.9 Å². The van der Waals surface area contributed by atoms with Gasteiger partial charge in [0.1, 0.15) is 5.69 Å². The van der Waals surface area contributed by atoms with Crippen LogP contribution in [0.5, 0.6) is 0 Å². The van der Waals surface area contributed by atoms with E-state index in [-0.39, 0.29) is 18.3 Å². The summed E-state index contributed by atoms with van der Waals surface area (Å²) in [5, 5.41) is 7.51. The Bertz CT molecular complexity index is 921. The van der Waals surface area contributed by atoms with Crippen molar-refractivity contribution in [1.29, 1.82) is 0 Å². The first-order chi connectivity index (χ1) is 13.7. The molecule has 0 unspecified atom stereocenters. The fourth-order valence-corrected chi connectivity index (χ4v) is 2.83. The van der Waals surface area contributed by atoms with E-state index in [1.165, 1.54) is 0 Å². The van der Waals surface area contributed by atoms with Gasteiger partial charge in [0.05, 0.1) is 17.9 Å². The van der Waals surface area contributed by atoms with Crippen molar-refractivity contribution in [3.63, 3.8) is 0 Å². The molecule has 6 nitrogen and oxygen atoms in total. The molecular weight excluding hydrogens is 354 g/mol. The van der Waals surface area contributed by atoms with Crippen LogP contribution in [0.2, 0.25) is 0 Å². The summed E-state index contributed by atoms with van der Waals surface area (Å²) in [4.78, 5) is 24.2. The number of hydrogen-bond donors (Lipinski definition) is 1. The van der Waals surface area contributed by atoms with Crippen LogP contribution in [-0.4, -0.2) is 34.8 Å². The van der Waals surface area contributed by atoms with Crippen LogP contribution in [0.25, 0.3) is 16.9 Å². The third-order valence-corrected chi connectivity index (χ3v) is 4.18. The van der Waals surface area contributed by atoms with E-state index in [1.807, 2.05) is 60.7 Å². The molecule has 1 N–H and O–H groups in total. The Morgan fingerprint density at radius 1 is 1.04 bits per heavy atom. The van der Waals surface area contributed by atoms with Crippen molar-refractivity contribution >= 4 is 11.9 Å². The molecule has 1 heterocycles. The number of hydrogen-bond acceptors (Lipinski definition) is 4. The summed E-state index contributed by atoms with van der Waals surface area (Å²) in [7, 11) is 0. The SMILES string of the molecule is CCOC(=O)CCCNC(=O)c1cn(-c2ccccc2)nc1-c1ccccc1. The molecule has 0 aliphatic rings. The van der Waals surface area contributed by atoms with Crippen LogP contribution in [0.1, 0.15) is 30.1 Å². The standard InChI is InChI=1S/C22H23N3O3/c1-2-28-20(26)14-9-15-23-22(27)19-16-25(18-12-7-4-8-13-18)24-21(19)17-10-5-3-6-11-17/h3-8,10-13,16H,2,9,14-15H2,1H3,(H,23,27). The Balaban J connectivity index is 1.78. The third kappa shape index (κ3) is 4.85. The highest BCUT2D eigenvalue weighted by Crippen LogP contribution is 2.23. The van der Waals surface area contributed by atoms with Crippen molar-refractivity contribution in [2.75, 3.05) is 13.2 Å². The highest BCUT2D eigenvalue weighted by atomic mass is 16.5. The third-order valence-electron chi connectivity index (χ3n) is 4.18. The number of esters is 1. The number of rotatable bonds is 8. The molecule has 0 spiro atoms. The zero-order chi connectivity index (χ0) is 19.8. The second-order valence-electron chi connectivity index (χ2n) is 6.20. The van der Waals surface area contributed by atoms with Crippen LogP contribution >= 0.6 is 0 Å². The number of carbonyl (C=O) groups excluding carboxylic acids is 2. The van der Waals surface area contributed by atoms with Gasteiger partial charge in [0, 0.05) is 24.7 Å². The molecule has 3 rings (SSSR count). The zero-order valence-corrected chi connectivity index (χ0v) is 15.8. The van der Waals surface area contributed by atoms with Gasteiger partial charge in [0.15, 0.2) is 0 Å². The minimum atomic E-state index is -0.251. The van der Waals surface area contributed by atoms with E-state index in [0.717, 1.165) is 11.3 Å². The molecule has 2 aromatic carbocycles. The van der Waals surface area contributed by atoms with Crippen molar-refractivity contribution in [1.82, 2.24) is 15.1 Å². The molecule has 1 amide bonds. The molecule has 0 saturated heterocycles. The van der Waals surface area contributed by atoms with Crippen LogP contribution < -0.4 is 5.32 Å². The highest BCUT2D eigenvalue weighted by Gasteiger charge is 2.18. The molecule has 0 aliphatic carbocycles. The first-order valence-electron chi connectivity index (χ1n) is 9.33. The number of carbonyl (C=O) groups is 2. The van der Waals surface area contributed by atoms with Gasteiger partial charge in [0.25, 0.3) is 5.91 Å². The van der Waals surface area contributed by atoms with E-state index >= 15 is 0 Å². The second kappa shape index (κ2) is 9.50. The highest BCUT2D eigenvalue weighted by molar-refractivity contribution is 5.99. The molecule has 0 bridgehead atoms. The van der Waals surface area contributed by atoms with E-state index in [4.69, 9.17) is 4.74 Å². The number of aromatic nitrogens is 2. The summed E-state index contributed by atoms with van der Waals surface area (Å²) in [6, 6.07) is 19.3. The van der Waals surface area contributed by atoms with E-state index in [9.17, 15) is 9.59 Å². The van der Waals surface area contributed by atoms with Crippen molar-refractivity contribution in [2.24, 2.45) is 0 Å². The van der Waals surface area contributed by atoms with Gasteiger partial charge in [-0.25, -0.2) is 4.68 Å². The van der Waals surface area contributed by atoms with Gasteiger partial charge in [-0.1, -0.05) is 48.5 Å². The maximum atomic E-state index is 12.8. The summed E-state index contributed by atoms with van der Waals surface area (Å²) >= 11 is 0. The molecule has 6 heteroatoms. The zero-order valence-electron chi connectivity index (χ0n) is 15.8. The lowest BCUT2D eigenvalue weighted by Gasteiger charge is -2.05. The normalized spacial score (nSPS) is 10.5. The fraction of sp³-hybridized carbons (Fsp3) is 0.227. The lowest BCUT2D eigenvalue weighted by Crippen LogP contribution is -2.25. The molecule has 0 atom stereocenters. The largest absolute Gasteiger partial charge is 0.466 e. The van der Waals surface area contributed by atoms with Gasteiger partial charge < -0.3 is 10.1 Å². The Labute approximate surface area is 164 Å². The predicted molar refractivity (Wildman–Crippen MR) is 107 cm³/mol. The van der Waals surface area contributed by atoms with Crippen molar-refractivity contribution in [2.45, 2.75) is 19.8 Å². The lowest BCUT2D eigenvalue weighted by atomic mass is 10.1. The van der Waals surface area contributed by atoms with Crippen LogP contribution in [0, 0.1) is 0 Å². The maximum absolute atomic E-state index is 12.8. The molecule has 1 aromatic heterocycles. The number of nitrogens with one attached hydrogen (secondary N) is 1. The monoisotopic (exact) mass is 377 g/mol. The minimum absolute atomic E-state index is 0.218. The Morgan fingerprint density at radius 3 is 2.39 bits per heavy atom. The van der Waals surface area contributed by atoms with Gasteiger partial charge in [-0.15, -0.1) is 0 Å². The molecule has 28 heavy (non-hydrogen) atoms. The summed E-state index contributed by atoms with van der Waals surface area (Å²) in [6.07, 6.45) is 2.54. The van der Waals surface area contributed by atoms with Crippen LogP contribution in [0.15, 0.2) is 66.9 Å². The number of amides is 1. The quantitative estimate of drug-likeness (QED) is 0.481. The Hall–Kier alpha value is -3.41. The van der Waals surface area contributed by atoms with Crippen LogP contribution in [0.3, 0.4) is 0 Å². The Kier molecular flexibility index (Phi) is 6.57. The summed E-state index contributed by atoms with van der Waals surface area (Å²) in [5.41, 5.74) is 2.86. The van der Waals surface area contributed by atoms with Crippen LogP contribution in [-0.2, 0) is 9.53 Å². The second-order valence-corrected chi connectivity index (χ2v) is 6.20. The summed E-state index contributed by atoms with van der Waals surface area (Å²) in [5.74, 6) is -0.469. The van der Waals surface area contributed by atoms with Crippen LogP contribution in [0.4, 0.5) is 0 Å². The average molecular weight is 377 g/mol. The molecule has 0 radical (unpaired) electrons. The molecule has 0 fully saturated rings. The predicted octanol–water partition coefficient (Wildman–Crippen LogP) is 3.61. The first-order valence-corrected chi connectivity index (χ1v) is 9.33. The van der Waals surface area contributed by atoms with Crippen molar-refractivity contribution in [3.05, 3.63) is 72.4 Å². The van der Waals surface area contributed by atoms with Crippen molar-refractivity contribution < 1.29 is 14.3 Å². The summed E-state index contributed by atoms with van der Waals surface area (Å²) < 4.78 is 6.60. The van der Waals surface area contributed by atoms with Gasteiger partial charge in [-0.2, -0.15) is 5.10 Å². The minimum Gasteiger partial charge on any atom is -0.466 e. The maximum Gasteiger partial charge on any atom is 0.305 e. The molecule has 3 aromatic rings. The number of nitrogens with zero attached hydrogens (tertiary/aromatic N) is 2. The molecule has 0 saturated carbocycles. The topological polar surface area (TPSA) is 73.2 Å². The average Bonchev–Trinajstić information content (AvgIpc) is 3.18.